The monoisotopic (exact) mass is 372 g/mol. The fourth-order valence-electron chi connectivity index (χ4n) is 4.76. The molecule has 3 rings (SSSR count). The van der Waals surface area contributed by atoms with Gasteiger partial charge in [0.15, 0.2) is 8.32 Å². The number of benzene rings is 1. The molecule has 0 radical (unpaired) electrons. The molecule has 0 aliphatic heterocycles. The van der Waals surface area contributed by atoms with Crippen molar-refractivity contribution in [3.05, 3.63) is 41.5 Å². The van der Waals surface area contributed by atoms with E-state index in [1.165, 1.54) is 16.7 Å². The molecule has 1 aromatic carbocycles. The summed E-state index contributed by atoms with van der Waals surface area (Å²) in [5, 5.41) is 0.237. The first-order valence-corrected chi connectivity index (χ1v) is 12.9. The maximum Gasteiger partial charge on any atom is 0.192 e. The summed E-state index contributed by atoms with van der Waals surface area (Å²) in [5.41, 5.74) is 4.37. The normalized spacial score (nSPS) is 29.1. The highest BCUT2D eigenvalue weighted by molar-refractivity contribution is 6.74. The first kappa shape index (κ1) is 19.7. The molecule has 0 spiro atoms. The highest BCUT2D eigenvalue weighted by Crippen LogP contribution is 2.54. The van der Waals surface area contributed by atoms with Gasteiger partial charge in [0.1, 0.15) is 5.75 Å². The van der Waals surface area contributed by atoms with Crippen molar-refractivity contribution in [3.63, 3.8) is 0 Å². The van der Waals surface area contributed by atoms with E-state index >= 15 is 0 Å². The van der Waals surface area contributed by atoms with E-state index in [1.807, 2.05) is 0 Å². The lowest BCUT2D eigenvalue weighted by Crippen LogP contribution is -2.50. The lowest BCUT2D eigenvalue weighted by Gasteiger charge is -2.52. The number of hydrogen-bond donors (Lipinski definition) is 0. The lowest BCUT2D eigenvalue weighted by molar-refractivity contribution is 0.114. The van der Waals surface area contributed by atoms with Crippen LogP contribution in [0, 0.1) is 5.92 Å². The second-order valence-electron chi connectivity index (χ2n) is 9.98. The molecule has 0 heterocycles. The van der Waals surface area contributed by atoms with Crippen LogP contribution < -0.4 is 4.74 Å². The topological polar surface area (TPSA) is 18.5 Å². The second kappa shape index (κ2) is 6.52. The standard InChI is InChI=1S/C23H36O2Si/c1-16-18-13-12-17-19(10-9-11-21(17)24-6)23(18,5)15-14-20(16)25-26(7,8)22(2,3)4/h9-11,18,20H,1,12-15H2,2-8H3/t18?,20-,23+/m1/s1. The number of methoxy groups -OCH3 is 1. The summed E-state index contributed by atoms with van der Waals surface area (Å²) < 4.78 is 12.4. The summed E-state index contributed by atoms with van der Waals surface area (Å²) in [5.74, 6) is 1.55. The van der Waals surface area contributed by atoms with Crippen molar-refractivity contribution in [2.24, 2.45) is 5.92 Å². The van der Waals surface area contributed by atoms with Gasteiger partial charge in [0.2, 0.25) is 0 Å². The Morgan fingerprint density at radius 1 is 1.19 bits per heavy atom. The second-order valence-corrected chi connectivity index (χ2v) is 14.7. The first-order valence-electron chi connectivity index (χ1n) is 10.0. The predicted octanol–water partition coefficient (Wildman–Crippen LogP) is 6.26. The van der Waals surface area contributed by atoms with Gasteiger partial charge in [-0.05, 0) is 77.9 Å². The minimum absolute atomic E-state index is 0.159. The summed E-state index contributed by atoms with van der Waals surface area (Å²) in [4.78, 5) is 0. The van der Waals surface area contributed by atoms with Crippen LogP contribution in [0.1, 0.15) is 58.1 Å². The van der Waals surface area contributed by atoms with Gasteiger partial charge in [-0.25, -0.2) is 0 Å². The van der Waals surface area contributed by atoms with Gasteiger partial charge in [-0.3, -0.25) is 0 Å². The Bertz CT molecular complexity index is 701. The molecule has 2 aliphatic carbocycles. The fourth-order valence-corrected chi connectivity index (χ4v) is 6.09. The first-order chi connectivity index (χ1) is 12.0. The predicted molar refractivity (Wildman–Crippen MR) is 113 cm³/mol. The third kappa shape index (κ3) is 3.07. The molecule has 2 aliphatic rings. The molecule has 1 aromatic rings. The van der Waals surface area contributed by atoms with E-state index in [4.69, 9.17) is 9.16 Å². The maximum absolute atomic E-state index is 6.80. The summed E-state index contributed by atoms with van der Waals surface area (Å²) >= 11 is 0. The average molecular weight is 373 g/mol. The summed E-state index contributed by atoms with van der Waals surface area (Å²) in [6.45, 7) is 18.7. The zero-order valence-corrected chi connectivity index (χ0v) is 18.7. The molecule has 3 heteroatoms. The van der Waals surface area contributed by atoms with Crippen molar-refractivity contribution in [1.29, 1.82) is 0 Å². The smallest absolute Gasteiger partial charge is 0.192 e. The lowest BCUT2D eigenvalue weighted by atomic mass is 9.56. The molecule has 1 fully saturated rings. The Labute approximate surface area is 161 Å². The number of fused-ring (bicyclic) bond motifs is 3. The third-order valence-corrected chi connectivity index (χ3v) is 11.9. The molecule has 26 heavy (non-hydrogen) atoms. The van der Waals surface area contributed by atoms with Crippen molar-refractivity contribution in [2.75, 3.05) is 7.11 Å². The Balaban J connectivity index is 1.89. The van der Waals surface area contributed by atoms with Gasteiger partial charge in [-0.1, -0.05) is 46.4 Å². The molecule has 3 atom stereocenters. The number of hydrogen-bond acceptors (Lipinski definition) is 2. The van der Waals surface area contributed by atoms with Crippen molar-refractivity contribution >= 4 is 8.32 Å². The largest absolute Gasteiger partial charge is 0.496 e. The van der Waals surface area contributed by atoms with Crippen LogP contribution >= 0.6 is 0 Å². The summed E-state index contributed by atoms with van der Waals surface area (Å²) in [7, 11) is 0.00240. The Morgan fingerprint density at radius 3 is 2.50 bits per heavy atom. The number of rotatable bonds is 3. The molecule has 1 unspecified atom stereocenters. The van der Waals surface area contributed by atoms with E-state index in [9.17, 15) is 0 Å². The third-order valence-electron chi connectivity index (χ3n) is 7.45. The number of ether oxygens (including phenoxy) is 1. The van der Waals surface area contributed by atoms with Gasteiger partial charge in [0, 0.05) is 0 Å². The SMILES string of the molecule is C=C1C2CCc3c(OC)cccc3[C@@]2(C)CC[C@H]1O[Si](C)(C)C(C)(C)C. The average Bonchev–Trinajstić information content (AvgIpc) is 2.56. The van der Waals surface area contributed by atoms with Crippen LogP contribution in [0.4, 0.5) is 0 Å². The molecule has 144 valence electrons. The van der Waals surface area contributed by atoms with Gasteiger partial charge in [-0.15, -0.1) is 0 Å². The van der Waals surface area contributed by atoms with Gasteiger partial charge in [0.25, 0.3) is 0 Å². The fraction of sp³-hybridized carbons (Fsp3) is 0.652. The Kier molecular flexibility index (Phi) is 4.94. The van der Waals surface area contributed by atoms with Gasteiger partial charge >= 0.3 is 0 Å². The zero-order chi connectivity index (χ0) is 19.3. The van der Waals surface area contributed by atoms with E-state index in [0.29, 0.717) is 5.92 Å². The molecule has 0 aromatic heterocycles. The van der Waals surface area contributed by atoms with Crippen LogP contribution in [0.2, 0.25) is 18.1 Å². The minimum Gasteiger partial charge on any atom is -0.496 e. The van der Waals surface area contributed by atoms with Crippen LogP contribution in [0.5, 0.6) is 5.75 Å². The highest BCUT2D eigenvalue weighted by atomic mass is 28.4. The zero-order valence-electron chi connectivity index (χ0n) is 17.7. The van der Waals surface area contributed by atoms with Gasteiger partial charge in [0.05, 0.1) is 13.2 Å². The molecule has 0 N–H and O–H groups in total. The molecule has 1 saturated carbocycles. The van der Waals surface area contributed by atoms with E-state index < -0.39 is 8.32 Å². The van der Waals surface area contributed by atoms with E-state index in [-0.39, 0.29) is 16.6 Å². The van der Waals surface area contributed by atoms with Crippen LogP contribution in [-0.4, -0.2) is 21.5 Å². The van der Waals surface area contributed by atoms with Crippen LogP contribution in [0.25, 0.3) is 0 Å². The molecular weight excluding hydrogens is 336 g/mol. The van der Waals surface area contributed by atoms with Gasteiger partial charge in [-0.2, -0.15) is 0 Å². The molecule has 2 nitrogen and oxygen atoms in total. The molecular formula is C23H36O2Si. The maximum atomic E-state index is 6.80. The van der Waals surface area contributed by atoms with Crippen molar-refractivity contribution < 1.29 is 9.16 Å². The van der Waals surface area contributed by atoms with Crippen LogP contribution in [-0.2, 0) is 16.3 Å². The van der Waals surface area contributed by atoms with Crippen molar-refractivity contribution in [1.82, 2.24) is 0 Å². The van der Waals surface area contributed by atoms with Crippen molar-refractivity contribution in [2.45, 2.75) is 83.0 Å². The molecule has 0 saturated heterocycles. The highest BCUT2D eigenvalue weighted by Gasteiger charge is 2.49. The van der Waals surface area contributed by atoms with Gasteiger partial charge < -0.3 is 9.16 Å². The van der Waals surface area contributed by atoms with E-state index in [1.54, 1.807) is 7.11 Å². The van der Waals surface area contributed by atoms with E-state index in [0.717, 1.165) is 31.4 Å². The van der Waals surface area contributed by atoms with Crippen molar-refractivity contribution in [3.8, 4) is 5.75 Å². The molecule has 0 bridgehead atoms. The summed E-state index contributed by atoms with van der Waals surface area (Å²) in [6, 6.07) is 6.56. The quantitative estimate of drug-likeness (QED) is 0.461. The van der Waals surface area contributed by atoms with Crippen LogP contribution in [0.3, 0.4) is 0 Å². The Hall–Kier alpha value is -1.06. The molecule has 0 amide bonds. The van der Waals surface area contributed by atoms with E-state index in [2.05, 4.69) is 65.6 Å². The van der Waals surface area contributed by atoms with Crippen LogP contribution in [0.15, 0.2) is 30.4 Å². The summed E-state index contributed by atoms with van der Waals surface area (Å²) in [6.07, 6.45) is 4.69. The Morgan fingerprint density at radius 2 is 1.88 bits per heavy atom. The minimum atomic E-state index is -1.78.